The minimum atomic E-state index is -3.71. The summed E-state index contributed by atoms with van der Waals surface area (Å²) >= 11 is 0. The smallest absolute Gasteiger partial charge is 0.207 e. The first-order valence-corrected chi connectivity index (χ1v) is 13.7. The quantitative estimate of drug-likeness (QED) is 0.706. The molecule has 6 nitrogen and oxygen atoms in total. The van der Waals surface area contributed by atoms with Gasteiger partial charge in [0.2, 0.25) is 20.0 Å². The topological polar surface area (TPSA) is 74.8 Å². The molecule has 164 valence electrons. The molecule has 2 aromatic carbocycles. The average molecular weight is 451 g/mol. The van der Waals surface area contributed by atoms with Gasteiger partial charge in [-0.05, 0) is 51.7 Å². The van der Waals surface area contributed by atoms with Crippen molar-refractivity contribution >= 4 is 30.8 Å². The first kappa shape index (κ1) is 21.7. The molecule has 2 aliphatic rings. The van der Waals surface area contributed by atoms with Crippen LogP contribution in [0.25, 0.3) is 10.8 Å². The van der Waals surface area contributed by atoms with Crippen molar-refractivity contribution in [3.8, 4) is 0 Å². The second-order valence-electron chi connectivity index (χ2n) is 8.53. The van der Waals surface area contributed by atoms with E-state index in [1.807, 2.05) is 13.8 Å². The summed E-state index contributed by atoms with van der Waals surface area (Å²) in [6, 6.07) is 9.83. The number of nitrogens with zero attached hydrogens (tertiary/aromatic N) is 2. The van der Waals surface area contributed by atoms with E-state index in [-0.39, 0.29) is 21.9 Å². The predicted molar refractivity (Wildman–Crippen MR) is 118 cm³/mol. The molecule has 0 bridgehead atoms. The van der Waals surface area contributed by atoms with Crippen LogP contribution in [0.1, 0.15) is 52.4 Å². The van der Waals surface area contributed by atoms with Crippen LogP contribution in [-0.4, -0.2) is 50.6 Å². The van der Waals surface area contributed by atoms with Gasteiger partial charge in [-0.2, -0.15) is 8.61 Å². The zero-order chi connectivity index (χ0) is 21.5. The maximum absolute atomic E-state index is 13.5. The molecule has 0 amide bonds. The summed E-state index contributed by atoms with van der Waals surface area (Å²) in [6.45, 7) is 4.89. The van der Waals surface area contributed by atoms with Crippen LogP contribution in [0.4, 0.5) is 0 Å². The molecule has 0 saturated carbocycles. The summed E-state index contributed by atoms with van der Waals surface area (Å²) < 4.78 is 57.1. The van der Waals surface area contributed by atoms with Crippen LogP contribution in [0, 0.1) is 0 Å². The van der Waals surface area contributed by atoms with E-state index < -0.39 is 20.0 Å². The van der Waals surface area contributed by atoms with E-state index in [1.165, 1.54) is 0 Å². The maximum atomic E-state index is 13.5. The average Bonchev–Trinajstić information content (AvgIpc) is 2.73. The number of hydrogen-bond acceptors (Lipinski definition) is 4. The summed E-state index contributed by atoms with van der Waals surface area (Å²) in [6.07, 6.45) is 5.44. The predicted octanol–water partition coefficient (Wildman–Crippen LogP) is 3.97. The third-order valence-corrected chi connectivity index (χ3v) is 10.6. The normalized spacial score (nSPS) is 24.9. The van der Waals surface area contributed by atoms with E-state index in [1.54, 1.807) is 45.0 Å². The molecule has 2 atom stereocenters. The molecule has 4 rings (SSSR count). The van der Waals surface area contributed by atoms with Gasteiger partial charge >= 0.3 is 0 Å². The van der Waals surface area contributed by atoms with E-state index in [2.05, 4.69) is 0 Å². The van der Waals surface area contributed by atoms with E-state index in [4.69, 9.17) is 0 Å². The van der Waals surface area contributed by atoms with Crippen molar-refractivity contribution < 1.29 is 16.8 Å². The lowest BCUT2D eigenvalue weighted by Gasteiger charge is -2.33. The highest BCUT2D eigenvalue weighted by molar-refractivity contribution is 7.89. The number of benzene rings is 2. The Kier molecular flexibility index (Phi) is 5.96. The highest BCUT2D eigenvalue weighted by Gasteiger charge is 2.35. The summed E-state index contributed by atoms with van der Waals surface area (Å²) in [5.74, 6) is 0. The third-order valence-electron chi connectivity index (χ3n) is 6.50. The Bertz CT molecular complexity index is 1050. The fourth-order valence-electron chi connectivity index (χ4n) is 4.81. The molecule has 8 heteroatoms. The lowest BCUT2D eigenvalue weighted by molar-refractivity contribution is 0.268. The second kappa shape index (κ2) is 8.22. The molecule has 2 aromatic rings. The van der Waals surface area contributed by atoms with E-state index >= 15 is 0 Å². The molecule has 0 spiro atoms. The van der Waals surface area contributed by atoms with Crippen LogP contribution in [0.3, 0.4) is 0 Å². The largest absolute Gasteiger partial charge is 0.243 e. The van der Waals surface area contributed by atoms with Gasteiger partial charge in [0.05, 0.1) is 9.79 Å². The highest BCUT2D eigenvalue weighted by atomic mass is 32.2. The second-order valence-corrected chi connectivity index (χ2v) is 12.2. The van der Waals surface area contributed by atoms with Crippen LogP contribution < -0.4 is 0 Å². The lowest BCUT2D eigenvalue weighted by Crippen LogP contribution is -2.42. The molecular weight excluding hydrogens is 420 g/mol. The molecule has 0 unspecified atom stereocenters. The number of fused-ring (bicyclic) bond motifs is 1. The Balaban J connectivity index is 1.85. The lowest BCUT2D eigenvalue weighted by atomic mass is 10.1. The highest BCUT2D eigenvalue weighted by Crippen LogP contribution is 2.34. The van der Waals surface area contributed by atoms with E-state index in [0.29, 0.717) is 23.9 Å². The minimum Gasteiger partial charge on any atom is -0.207 e. The van der Waals surface area contributed by atoms with Gasteiger partial charge in [0.25, 0.3) is 0 Å². The SMILES string of the molecule is C[C@@H]1CCCCN1S(=O)(=O)c1cccc2c(S(=O)(=O)N3CCCC[C@H]3C)cccc12. The maximum Gasteiger partial charge on any atom is 0.243 e. The molecule has 2 aliphatic heterocycles. The van der Waals surface area contributed by atoms with Gasteiger partial charge in [-0.3, -0.25) is 0 Å². The zero-order valence-electron chi connectivity index (χ0n) is 17.6. The van der Waals surface area contributed by atoms with Gasteiger partial charge in [-0.25, -0.2) is 16.8 Å². The number of sulfonamides is 2. The summed E-state index contributed by atoms with van der Waals surface area (Å²) in [7, 11) is -7.42. The van der Waals surface area contributed by atoms with Crippen molar-refractivity contribution in [2.24, 2.45) is 0 Å². The fraction of sp³-hybridized carbons (Fsp3) is 0.545. The molecule has 30 heavy (non-hydrogen) atoms. The van der Waals surface area contributed by atoms with Gasteiger partial charge in [0, 0.05) is 35.9 Å². The van der Waals surface area contributed by atoms with Crippen molar-refractivity contribution in [2.45, 2.75) is 74.2 Å². The molecule has 2 saturated heterocycles. The standard InChI is InChI=1S/C22H30N2O4S2/c1-17-9-3-5-15-23(17)29(25,26)21-13-7-12-20-19(21)11-8-14-22(20)30(27,28)24-16-6-4-10-18(24)2/h7-8,11-14,17-18H,3-6,9-10,15-16H2,1-2H3/t17-,18-/m1/s1. The Hall–Kier alpha value is -1.48. The summed E-state index contributed by atoms with van der Waals surface area (Å²) in [5.41, 5.74) is 0. The fourth-order valence-corrected chi connectivity index (χ4v) is 8.63. The number of hydrogen-bond donors (Lipinski definition) is 0. The van der Waals surface area contributed by atoms with E-state index in [0.717, 1.165) is 38.5 Å². The summed E-state index contributed by atoms with van der Waals surface area (Å²) in [4.78, 5) is 0.384. The van der Waals surface area contributed by atoms with Crippen LogP contribution in [0.15, 0.2) is 46.2 Å². The first-order valence-electron chi connectivity index (χ1n) is 10.8. The van der Waals surface area contributed by atoms with Gasteiger partial charge in [0.15, 0.2) is 0 Å². The summed E-state index contributed by atoms with van der Waals surface area (Å²) in [5, 5.41) is 0.946. The van der Waals surface area contributed by atoms with Crippen LogP contribution >= 0.6 is 0 Å². The van der Waals surface area contributed by atoms with Gasteiger partial charge in [-0.1, -0.05) is 37.1 Å². The van der Waals surface area contributed by atoms with Crippen molar-refractivity contribution in [1.29, 1.82) is 0 Å². The Labute approximate surface area is 180 Å². The molecule has 2 heterocycles. The minimum absolute atomic E-state index is 0.0554. The van der Waals surface area contributed by atoms with Crippen molar-refractivity contribution in [1.82, 2.24) is 8.61 Å². The molecule has 0 radical (unpaired) electrons. The Morgan fingerprint density at radius 3 is 1.43 bits per heavy atom. The third kappa shape index (κ3) is 3.68. The van der Waals surface area contributed by atoms with Gasteiger partial charge in [0.1, 0.15) is 0 Å². The first-order chi connectivity index (χ1) is 14.2. The Morgan fingerprint density at radius 1 is 0.667 bits per heavy atom. The molecule has 2 fully saturated rings. The van der Waals surface area contributed by atoms with Crippen LogP contribution in [-0.2, 0) is 20.0 Å². The molecule has 0 aliphatic carbocycles. The monoisotopic (exact) mass is 450 g/mol. The van der Waals surface area contributed by atoms with Gasteiger partial charge < -0.3 is 0 Å². The van der Waals surface area contributed by atoms with Crippen LogP contribution in [0.2, 0.25) is 0 Å². The van der Waals surface area contributed by atoms with Crippen molar-refractivity contribution in [3.63, 3.8) is 0 Å². The Morgan fingerprint density at radius 2 is 1.07 bits per heavy atom. The van der Waals surface area contributed by atoms with Crippen molar-refractivity contribution in [2.75, 3.05) is 13.1 Å². The molecule has 0 N–H and O–H groups in total. The van der Waals surface area contributed by atoms with Gasteiger partial charge in [-0.15, -0.1) is 0 Å². The van der Waals surface area contributed by atoms with E-state index in [9.17, 15) is 16.8 Å². The molecular formula is C22H30N2O4S2. The zero-order valence-corrected chi connectivity index (χ0v) is 19.3. The molecule has 0 aromatic heterocycles. The van der Waals surface area contributed by atoms with Crippen LogP contribution in [0.5, 0.6) is 0 Å². The van der Waals surface area contributed by atoms with Crippen molar-refractivity contribution in [3.05, 3.63) is 36.4 Å². The number of rotatable bonds is 4. The number of piperidine rings is 2.